The number of hydrogen-bond donors (Lipinski definition) is 0. The molecule has 0 aliphatic heterocycles. The van der Waals surface area contributed by atoms with Crippen molar-refractivity contribution in [3.05, 3.63) is 24.1 Å². The van der Waals surface area contributed by atoms with Gasteiger partial charge in [-0.25, -0.2) is 0 Å². The van der Waals surface area contributed by atoms with E-state index in [0.717, 1.165) is 5.57 Å². The Morgan fingerprint density at radius 3 is 2.20 bits per heavy atom. The molecule has 0 aliphatic carbocycles. The van der Waals surface area contributed by atoms with Crippen LogP contribution in [-0.4, -0.2) is 13.8 Å². The van der Waals surface area contributed by atoms with Gasteiger partial charge in [0.1, 0.15) is 5.76 Å². The van der Waals surface area contributed by atoms with Crippen molar-refractivity contribution >= 4 is 6.72 Å². The maximum Gasteiger partial charge on any atom is 0.139 e. The second-order valence-electron chi connectivity index (χ2n) is 1.66. The van der Waals surface area contributed by atoms with Crippen LogP contribution in [0.5, 0.6) is 0 Å². The minimum atomic E-state index is 0. The lowest BCUT2D eigenvalue weighted by molar-refractivity contribution is 0.300. The summed E-state index contributed by atoms with van der Waals surface area (Å²) in [5, 5.41) is 0. The van der Waals surface area contributed by atoms with Crippen molar-refractivity contribution in [2.45, 2.75) is 14.4 Å². The molecule has 0 radical (unpaired) electrons. The number of nitrogens with zero attached hydrogens (tertiary/aromatic N) is 1. The van der Waals surface area contributed by atoms with Crippen LogP contribution in [0.15, 0.2) is 29.1 Å². The van der Waals surface area contributed by atoms with E-state index in [4.69, 9.17) is 4.74 Å². The van der Waals surface area contributed by atoms with Crippen molar-refractivity contribution in [1.29, 1.82) is 0 Å². The molecule has 0 fully saturated rings. The first kappa shape index (κ1) is 11.7. The van der Waals surface area contributed by atoms with E-state index in [9.17, 15) is 0 Å². The maximum atomic E-state index is 4.88. The van der Waals surface area contributed by atoms with Crippen molar-refractivity contribution in [3.63, 3.8) is 0 Å². The van der Waals surface area contributed by atoms with Crippen LogP contribution in [0, 0.1) is 0 Å². The predicted octanol–water partition coefficient (Wildman–Crippen LogP) is 2.39. The van der Waals surface area contributed by atoms with E-state index >= 15 is 0 Å². The Balaban J connectivity index is 0. The average molecular weight is 141 g/mol. The molecule has 0 aromatic heterocycles. The molecule has 10 heavy (non-hydrogen) atoms. The smallest absolute Gasteiger partial charge is 0.139 e. The summed E-state index contributed by atoms with van der Waals surface area (Å²) in [5.41, 5.74) is 0.852. The first-order valence-electron chi connectivity index (χ1n) is 2.58. The Labute approximate surface area is 62.9 Å². The highest BCUT2D eigenvalue weighted by Crippen LogP contribution is 2.05. The van der Waals surface area contributed by atoms with Gasteiger partial charge in [0.25, 0.3) is 0 Å². The van der Waals surface area contributed by atoms with Crippen LogP contribution < -0.4 is 0 Å². The fourth-order valence-electron chi connectivity index (χ4n) is 0.420. The number of methoxy groups -OCH3 is 1. The van der Waals surface area contributed by atoms with E-state index in [-0.39, 0.29) is 7.43 Å². The molecular weight excluding hydrogens is 126 g/mol. The number of aliphatic imine (C=N–C) groups is 1. The Bertz CT molecular complexity index is 147. The summed E-state index contributed by atoms with van der Waals surface area (Å²) in [5.74, 6) is 0.671. The lowest BCUT2D eigenvalue weighted by Crippen LogP contribution is -1.85. The normalized spacial score (nSPS) is 9.60. The van der Waals surface area contributed by atoms with Gasteiger partial charge in [-0.1, -0.05) is 14.0 Å². The van der Waals surface area contributed by atoms with Crippen LogP contribution in [0.4, 0.5) is 0 Å². The third-order valence-corrected chi connectivity index (χ3v) is 0.849. The van der Waals surface area contributed by atoms with Crippen molar-refractivity contribution < 1.29 is 4.74 Å². The molecule has 0 rings (SSSR count). The molecule has 0 saturated carbocycles. The summed E-state index contributed by atoms with van der Waals surface area (Å²) < 4.78 is 4.88. The van der Waals surface area contributed by atoms with Gasteiger partial charge in [0.15, 0.2) is 0 Å². The summed E-state index contributed by atoms with van der Waals surface area (Å²) >= 11 is 0. The van der Waals surface area contributed by atoms with Crippen molar-refractivity contribution in [3.8, 4) is 0 Å². The van der Waals surface area contributed by atoms with Crippen LogP contribution in [0.2, 0.25) is 0 Å². The summed E-state index contributed by atoms with van der Waals surface area (Å²) in [7, 11) is 1.58. The van der Waals surface area contributed by atoms with Gasteiger partial charge < -0.3 is 4.74 Å². The van der Waals surface area contributed by atoms with E-state index in [1.165, 1.54) is 6.20 Å². The first-order valence-corrected chi connectivity index (χ1v) is 2.58. The molecule has 0 heterocycles. The number of allylic oxidation sites excluding steroid dienone is 1. The number of ether oxygens (including phenoxy) is 1. The quantitative estimate of drug-likeness (QED) is 0.336. The molecule has 0 aliphatic rings. The van der Waals surface area contributed by atoms with Crippen molar-refractivity contribution in [2.75, 3.05) is 7.11 Å². The predicted molar refractivity (Wildman–Crippen MR) is 46.2 cm³/mol. The molecule has 0 atom stereocenters. The van der Waals surface area contributed by atoms with E-state index in [1.54, 1.807) is 7.11 Å². The van der Waals surface area contributed by atoms with Gasteiger partial charge in [-0.15, -0.1) is 0 Å². The number of hydrogen-bond acceptors (Lipinski definition) is 2. The highest BCUT2D eigenvalue weighted by molar-refractivity contribution is 5.29. The Morgan fingerprint density at radius 2 is 2.10 bits per heavy atom. The van der Waals surface area contributed by atoms with E-state index in [0.29, 0.717) is 5.76 Å². The largest absolute Gasteiger partial charge is 0.495 e. The average Bonchev–Trinajstić information content (AvgIpc) is 1.82. The van der Waals surface area contributed by atoms with E-state index in [1.807, 2.05) is 6.92 Å². The fourth-order valence-corrected chi connectivity index (χ4v) is 0.420. The molecule has 0 saturated heterocycles. The second-order valence-corrected chi connectivity index (χ2v) is 1.66. The highest BCUT2D eigenvalue weighted by atomic mass is 16.5. The highest BCUT2D eigenvalue weighted by Gasteiger charge is 1.92. The summed E-state index contributed by atoms with van der Waals surface area (Å²) in [4.78, 5) is 3.53. The van der Waals surface area contributed by atoms with Crippen molar-refractivity contribution in [2.24, 2.45) is 4.99 Å². The Hall–Kier alpha value is -1.05. The molecule has 0 aromatic rings. The van der Waals surface area contributed by atoms with Gasteiger partial charge in [-0.05, 0) is 19.2 Å². The standard InChI is InChI=1S/C7H11NO.CH4/c1-6(2)7(9-4)5-8-3;/h5H,1,3H2,2,4H3;1H4/b7-5+;. The zero-order chi connectivity index (χ0) is 7.28. The molecule has 0 aromatic carbocycles. The number of rotatable bonds is 3. The van der Waals surface area contributed by atoms with Crippen LogP contribution in [0.3, 0.4) is 0 Å². The van der Waals surface area contributed by atoms with Gasteiger partial charge in [0.2, 0.25) is 0 Å². The van der Waals surface area contributed by atoms with Gasteiger partial charge in [-0.2, -0.15) is 0 Å². The molecule has 2 heteroatoms. The molecule has 0 unspecified atom stereocenters. The molecule has 0 bridgehead atoms. The van der Waals surface area contributed by atoms with E-state index < -0.39 is 0 Å². The van der Waals surface area contributed by atoms with Gasteiger partial charge in [-0.3, -0.25) is 4.99 Å². The molecule has 0 spiro atoms. The molecule has 2 nitrogen and oxygen atoms in total. The molecule has 0 amide bonds. The van der Waals surface area contributed by atoms with Crippen LogP contribution >= 0.6 is 0 Å². The fraction of sp³-hybridized carbons (Fsp3) is 0.375. The zero-order valence-corrected chi connectivity index (χ0v) is 5.85. The lowest BCUT2D eigenvalue weighted by Gasteiger charge is -2.00. The molecule has 58 valence electrons. The second kappa shape index (κ2) is 6.08. The summed E-state index contributed by atoms with van der Waals surface area (Å²) in [6.07, 6.45) is 1.53. The topological polar surface area (TPSA) is 21.6 Å². The van der Waals surface area contributed by atoms with Crippen molar-refractivity contribution in [1.82, 2.24) is 0 Å². The summed E-state index contributed by atoms with van der Waals surface area (Å²) in [6.45, 7) is 8.79. The SMILES string of the molecule is C.C=N/C=C(/OC)C(=C)C. The molecule has 0 N–H and O–H groups in total. The minimum Gasteiger partial charge on any atom is -0.495 e. The van der Waals surface area contributed by atoms with Crippen LogP contribution in [0.1, 0.15) is 14.4 Å². The van der Waals surface area contributed by atoms with Crippen LogP contribution in [0.25, 0.3) is 0 Å². The van der Waals surface area contributed by atoms with Gasteiger partial charge in [0.05, 0.1) is 13.3 Å². The van der Waals surface area contributed by atoms with Gasteiger partial charge in [0, 0.05) is 0 Å². The monoisotopic (exact) mass is 141 g/mol. The zero-order valence-electron chi connectivity index (χ0n) is 5.85. The van der Waals surface area contributed by atoms with Crippen LogP contribution in [-0.2, 0) is 4.74 Å². The van der Waals surface area contributed by atoms with Gasteiger partial charge >= 0.3 is 0 Å². The van der Waals surface area contributed by atoms with E-state index in [2.05, 4.69) is 18.3 Å². The first-order chi connectivity index (χ1) is 4.22. The summed E-state index contributed by atoms with van der Waals surface area (Å²) in [6, 6.07) is 0. The third kappa shape index (κ3) is 3.89. The lowest BCUT2D eigenvalue weighted by atomic mass is 10.3. The minimum absolute atomic E-state index is 0. The molecular formula is C8H15NO. The maximum absolute atomic E-state index is 4.88. The third-order valence-electron chi connectivity index (χ3n) is 0.849. The Morgan fingerprint density at radius 1 is 1.60 bits per heavy atom. The Kier molecular flexibility index (Phi) is 7.12.